The molecule has 0 spiro atoms. The van der Waals surface area contributed by atoms with E-state index in [9.17, 15) is 0 Å². The third-order valence-corrected chi connectivity index (χ3v) is 3.26. The van der Waals surface area contributed by atoms with Crippen LogP contribution in [-0.2, 0) is 12.0 Å². The molecule has 0 amide bonds. The molecule has 86 valence electrons. The molecule has 4 heteroatoms. The fourth-order valence-electron chi connectivity index (χ4n) is 1.14. The third-order valence-electron chi connectivity index (χ3n) is 1.94. The highest BCUT2D eigenvalue weighted by molar-refractivity contribution is 7.09. The predicted molar refractivity (Wildman–Crippen MR) is 64.2 cm³/mol. The number of nitrogens with one attached hydrogen (secondary N) is 1. The van der Waals surface area contributed by atoms with Gasteiger partial charge in [-0.2, -0.15) is 0 Å². The maximum absolute atomic E-state index is 9.08. The van der Waals surface area contributed by atoms with Crippen molar-refractivity contribution in [1.82, 2.24) is 10.3 Å². The van der Waals surface area contributed by atoms with E-state index in [1.54, 1.807) is 18.3 Å². The summed E-state index contributed by atoms with van der Waals surface area (Å²) in [5.41, 5.74) is 1.19. The van der Waals surface area contributed by atoms with E-state index in [-0.39, 0.29) is 11.5 Å². The molecule has 0 saturated heterocycles. The van der Waals surface area contributed by atoms with Gasteiger partial charge in [0.1, 0.15) is 0 Å². The van der Waals surface area contributed by atoms with Crippen molar-refractivity contribution >= 4 is 11.3 Å². The standard InChI is InChI=1S/C11H20N2OS/c1-8(14)5-12-6-9-7-15-10(13-9)11(2,3)4/h7-8,12,14H,5-6H2,1-4H3/t8-/m1/s1. The van der Waals surface area contributed by atoms with Crippen LogP contribution in [0.3, 0.4) is 0 Å². The van der Waals surface area contributed by atoms with E-state index in [1.807, 2.05) is 0 Å². The Morgan fingerprint density at radius 1 is 1.53 bits per heavy atom. The molecular formula is C11H20N2OS. The van der Waals surface area contributed by atoms with E-state index in [2.05, 4.69) is 36.5 Å². The Morgan fingerprint density at radius 3 is 2.67 bits per heavy atom. The van der Waals surface area contributed by atoms with E-state index in [4.69, 9.17) is 5.11 Å². The maximum Gasteiger partial charge on any atom is 0.0982 e. The third kappa shape index (κ3) is 4.28. The van der Waals surface area contributed by atoms with Crippen molar-refractivity contribution in [2.45, 2.75) is 45.8 Å². The van der Waals surface area contributed by atoms with Gasteiger partial charge in [0, 0.05) is 23.9 Å². The Balaban J connectivity index is 2.47. The lowest BCUT2D eigenvalue weighted by molar-refractivity contribution is 0.191. The molecule has 0 aliphatic rings. The van der Waals surface area contributed by atoms with Crippen molar-refractivity contribution in [3.05, 3.63) is 16.1 Å². The Bertz CT molecular complexity index is 302. The van der Waals surface area contributed by atoms with Gasteiger partial charge in [-0.1, -0.05) is 20.8 Å². The monoisotopic (exact) mass is 228 g/mol. The van der Waals surface area contributed by atoms with Crippen LogP contribution in [0, 0.1) is 0 Å². The van der Waals surface area contributed by atoms with Gasteiger partial charge in [-0.25, -0.2) is 4.98 Å². The first-order valence-corrected chi connectivity index (χ1v) is 6.11. The summed E-state index contributed by atoms with van der Waals surface area (Å²) in [5.74, 6) is 0. The van der Waals surface area contributed by atoms with Gasteiger partial charge in [0.2, 0.25) is 0 Å². The summed E-state index contributed by atoms with van der Waals surface area (Å²) in [6, 6.07) is 0. The molecule has 2 N–H and O–H groups in total. The smallest absolute Gasteiger partial charge is 0.0982 e. The van der Waals surface area contributed by atoms with Gasteiger partial charge in [-0.3, -0.25) is 0 Å². The Hall–Kier alpha value is -0.450. The largest absolute Gasteiger partial charge is 0.392 e. The van der Waals surface area contributed by atoms with Crippen LogP contribution in [0.4, 0.5) is 0 Å². The second-order valence-electron chi connectivity index (χ2n) is 4.87. The number of aliphatic hydroxyl groups is 1. The van der Waals surface area contributed by atoms with Crippen LogP contribution in [0.1, 0.15) is 38.4 Å². The molecule has 0 saturated carbocycles. The first-order chi connectivity index (χ1) is 6.89. The lowest BCUT2D eigenvalue weighted by Gasteiger charge is -2.13. The van der Waals surface area contributed by atoms with Crippen LogP contribution in [0.2, 0.25) is 0 Å². The minimum absolute atomic E-state index is 0.132. The zero-order chi connectivity index (χ0) is 11.5. The summed E-state index contributed by atoms with van der Waals surface area (Å²) in [6.45, 7) is 9.62. The van der Waals surface area contributed by atoms with Crippen molar-refractivity contribution in [2.24, 2.45) is 0 Å². The summed E-state index contributed by atoms with van der Waals surface area (Å²) >= 11 is 1.70. The number of aliphatic hydroxyl groups excluding tert-OH is 1. The van der Waals surface area contributed by atoms with Gasteiger partial charge in [0.15, 0.2) is 0 Å². The van der Waals surface area contributed by atoms with Crippen LogP contribution < -0.4 is 5.32 Å². The number of nitrogens with zero attached hydrogens (tertiary/aromatic N) is 1. The molecule has 0 radical (unpaired) electrons. The lowest BCUT2D eigenvalue weighted by Crippen LogP contribution is -2.24. The average molecular weight is 228 g/mol. The molecule has 0 aliphatic carbocycles. The number of rotatable bonds is 4. The molecule has 0 fully saturated rings. The molecule has 15 heavy (non-hydrogen) atoms. The Kier molecular flexibility index (Phi) is 4.25. The molecule has 1 rings (SSSR count). The zero-order valence-electron chi connectivity index (χ0n) is 9.87. The van der Waals surface area contributed by atoms with Gasteiger partial charge in [0.05, 0.1) is 16.8 Å². The fraction of sp³-hybridized carbons (Fsp3) is 0.727. The highest BCUT2D eigenvalue weighted by Gasteiger charge is 2.17. The lowest BCUT2D eigenvalue weighted by atomic mass is 9.98. The number of aromatic nitrogens is 1. The Labute approximate surface area is 95.6 Å². The molecule has 1 aromatic heterocycles. The minimum Gasteiger partial charge on any atom is -0.392 e. The molecule has 3 nitrogen and oxygen atoms in total. The molecular weight excluding hydrogens is 208 g/mol. The van der Waals surface area contributed by atoms with Crippen molar-refractivity contribution in [3.8, 4) is 0 Å². The molecule has 0 unspecified atom stereocenters. The summed E-state index contributed by atoms with van der Waals surface area (Å²) < 4.78 is 0. The van der Waals surface area contributed by atoms with Gasteiger partial charge >= 0.3 is 0 Å². The quantitative estimate of drug-likeness (QED) is 0.827. The van der Waals surface area contributed by atoms with Crippen molar-refractivity contribution < 1.29 is 5.11 Å². The maximum atomic E-state index is 9.08. The van der Waals surface area contributed by atoms with Crippen LogP contribution >= 0.6 is 11.3 Å². The van der Waals surface area contributed by atoms with Crippen LogP contribution in [0.15, 0.2) is 5.38 Å². The van der Waals surface area contributed by atoms with Crippen LogP contribution in [0.5, 0.6) is 0 Å². The summed E-state index contributed by atoms with van der Waals surface area (Å²) in [5, 5.41) is 15.5. The van der Waals surface area contributed by atoms with Gasteiger partial charge < -0.3 is 10.4 Å². The first kappa shape index (κ1) is 12.6. The first-order valence-electron chi connectivity index (χ1n) is 5.23. The van der Waals surface area contributed by atoms with Crippen molar-refractivity contribution in [2.75, 3.05) is 6.54 Å². The zero-order valence-corrected chi connectivity index (χ0v) is 10.7. The van der Waals surface area contributed by atoms with Crippen molar-refractivity contribution in [3.63, 3.8) is 0 Å². The van der Waals surface area contributed by atoms with Gasteiger partial charge in [0.25, 0.3) is 0 Å². The predicted octanol–water partition coefficient (Wildman–Crippen LogP) is 1.91. The highest BCUT2D eigenvalue weighted by atomic mass is 32.1. The molecule has 0 aliphatic heterocycles. The summed E-state index contributed by atoms with van der Waals surface area (Å²) in [7, 11) is 0. The molecule has 0 bridgehead atoms. The number of hydrogen-bond donors (Lipinski definition) is 2. The molecule has 1 heterocycles. The van der Waals surface area contributed by atoms with E-state index >= 15 is 0 Å². The normalized spacial score (nSPS) is 14.2. The highest BCUT2D eigenvalue weighted by Crippen LogP contribution is 2.25. The topological polar surface area (TPSA) is 45.1 Å². The summed E-state index contributed by atoms with van der Waals surface area (Å²) in [6.07, 6.45) is -0.300. The van der Waals surface area contributed by atoms with Gasteiger partial charge in [-0.15, -0.1) is 11.3 Å². The SMILES string of the molecule is C[C@@H](O)CNCc1csc(C(C)(C)C)n1. The Morgan fingerprint density at radius 2 is 2.20 bits per heavy atom. The second-order valence-corrected chi connectivity index (χ2v) is 5.73. The van der Waals surface area contributed by atoms with E-state index in [0.717, 1.165) is 17.2 Å². The molecule has 1 aromatic rings. The van der Waals surface area contributed by atoms with E-state index in [0.29, 0.717) is 6.54 Å². The number of thiazole rings is 1. The van der Waals surface area contributed by atoms with Gasteiger partial charge in [-0.05, 0) is 6.92 Å². The minimum atomic E-state index is -0.300. The fourth-order valence-corrected chi connectivity index (χ4v) is 2.05. The average Bonchev–Trinajstić information content (AvgIpc) is 2.51. The number of hydrogen-bond acceptors (Lipinski definition) is 4. The molecule has 0 aromatic carbocycles. The van der Waals surface area contributed by atoms with Crippen LogP contribution in [-0.4, -0.2) is 22.7 Å². The second kappa shape index (κ2) is 5.05. The van der Waals surface area contributed by atoms with Crippen molar-refractivity contribution in [1.29, 1.82) is 0 Å². The van der Waals surface area contributed by atoms with E-state index in [1.165, 1.54) is 0 Å². The van der Waals surface area contributed by atoms with Crippen LogP contribution in [0.25, 0.3) is 0 Å². The summed E-state index contributed by atoms with van der Waals surface area (Å²) in [4.78, 5) is 4.55. The van der Waals surface area contributed by atoms with E-state index < -0.39 is 0 Å². The molecule has 1 atom stereocenters.